The van der Waals surface area contributed by atoms with Crippen molar-refractivity contribution >= 4 is 21.9 Å². The molecule has 12 heavy (non-hydrogen) atoms. The fourth-order valence-corrected chi connectivity index (χ4v) is 1.46. The Kier molecular flexibility index (Phi) is 2.54. The zero-order chi connectivity index (χ0) is 9.30. The molecule has 0 spiro atoms. The van der Waals surface area contributed by atoms with Crippen LogP contribution >= 0.6 is 15.9 Å². The van der Waals surface area contributed by atoms with Crippen molar-refractivity contribution in [2.45, 2.75) is 6.54 Å². The van der Waals surface area contributed by atoms with E-state index in [0.717, 1.165) is 10.2 Å². The Balaban J connectivity index is 3.25. The first-order valence-electron chi connectivity index (χ1n) is 3.35. The minimum atomic E-state index is -0.946. The van der Waals surface area contributed by atoms with Crippen LogP contribution in [0.3, 0.4) is 0 Å². The molecule has 0 unspecified atom stereocenters. The van der Waals surface area contributed by atoms with Gasteiger partial charge in [-0.1, -0.05) is 0 Å². The smallest absolute Gasteiger partial charge is 0.352 e. The summed E-state index contributed by atoms with van der Waals surface area (Å²) in [5.74, 6) is -0.946. The molecule has 0 aliphatic rings. The van der Waals surface area contributed by atoms with Crippen LogP contribution < -0.4 is 5.73 Å². The molecule has 1 aromatic heterocycles. The lowest BCUT2D eigenvalue weighted by Gasteiger charge is -1.98. The maximum absolute atomic E-state index is 10.6. The van der Waals surface area contributed by atoms with Crippen molar-refractivity contribution in [3.8, 4) is 0 Å². The van der Waals surface area contributed by atoms with Crippen LogP contribution in [0.25, 0.3) is 0 Å². The number of carboxylic acid groups (broad SMARTS) is 1. The Morgan fingerprint density at radius 2 is 2.42 bits per heavy atom. The van der Waals surface area contributed by atoms with Gasteiger partial charge in [0.2, 0.25) is 0 Å². The van der Waals surface area contributed by atoms with E-state index in [1.54, 1.807) is 17.7 Å². The van der Waals surface area contributed by atoms with Crippen molar-refractivity contribution in [1.82, 2.24) is 4.57 Å². The first-order valence-corrected chi connectivity index (χ1v) is 4.14. The van der Waals surface area contributed by atoms with Crippen LogP contribution in [0.1, 0.15) is 16.1 Å². The van der Waals surface area contributed by atoms with Gasteiger partial charge in [0, 0.05) is 13.6 Å². The second kappa shape index (κ2) is 3.28. The number of aromatic carboxylic acids is 1. The molecule has 0 atom stereocenters. The molecule has 0 amide bonds. The van der Waals surface area contributed by atoms with Gasteiger partial charge in [-0.15, -0.1) is 0 Å². The average molecular weight is 233 g/mol. The first-order chi connectivity index (χ1) is 5.57. The number of carbonyl (C=O) groups is 1. The monoisotopic (exact) mass is 232 g/mol. The standard InChI is InChI=1S/C7H9BrN2O2/c1-10-5(7(11)12)2-4(3-9)6(10)8/h2H,3,9H2,1H3,(H,11,12). The van der Waals surface area contributed by atoms with Crippen molar-refractivity contribution in [3.05, 3.63) is 21.9 Å². The quantitative estimate of drug-likeness (QED) is 0.798. The third-order valence-corrected chi connectivity index (χ3v) is 2.71. The Morgan fingerprint density at radius 3 is 2.67 bits per heavy atom. The molecule has 66 valence electrons. The van der Waals surface area contributed by atoms with Gasteiger partial charge in [0.25, 0.3) is 0 Å². The minimum Gasteiger partial charge on any atom is -0.477 e. The number of aromatic nitrogens is 1. The molecule has 5 heteroatoms. The van der Waals surface area contributed by atoms with Crippen molar-refractivity contribution in [2.24, 2.45) is 12.8 Å². The third-order valence-electron chi connectivity index (χ3n) is 1.67. The fraction of sp³-hybridized carbons (Fsp3) is 0.286. The Hall–Kier alpha value is -0.810. The van der Waals surface area contributed by atoms with Crippen LogP contribution in [0.2, 0.25) is 0 Å². The average Bonchev–Trinajstić information content (AvgIpc) is 2.30. The van der Waals surface area contributed by atoms with E-state index in [4.69, 9.17) is 10.8 Å². The summed E-state index contributed by atoms with van der Waals surface area (Å²) in [4.78, 5) is 10.6. The van der Waals surface area contributed by atoms with Crippen LogP contribution in [-0.4, -0.2) is 15.6 Å². The topological polar surface area (TPSA) is 68.2 Å². The summed E-state index contributed by atoms with van der Waals surface area (Å²) < 4.78 is 2.27. The van der Waals surface area contributed by atoms with E-state index in [2.05, 4.69) is 15.9 Å². The Bertz CT molecular complexity index is 319. The van der Waals surface area contributed by atoms with Crippen LogP contribution in [0.5, 0.6) is 0 Å². The highest BCUT2D eigenvalue weighted by Gasteiger charge is 2.13. The number of halogens is 1. The minimum absolute atomic E-state index is 0.238. The number of carboxylic acids is 1. The summed E-state index contributed by atoms with van der Waals surface area (Å²) in [5, 5.41) is 8.72. The molecule has 1 aromatic rings. The largest absolute Gasteiger partial charge is 0.477 e. The molecule has 0 fully saturated rings. The molecule has 0 aliphatic carbocycles. The molecular weight excluding hydrogens is 224 g/mol. The molecule has 0 bridgehead atoms. The van der Waals surface area contributed by atoms with Gasteiger partial charge >= 0.3 is 5.97 Å². The van der Waals surface area contributed by atoms with E-state index in [-0.39, 0.29) is 5.69 Å². The normalized spacial score (nSPS) is 10.2. The number of hydrogen-bond donors (Lipinski definition) is 2. The summed E-state index contributed by atoms with van der Waals surface area (Å²) in [7, 11) is 1.67. The SMILES string of the molecule is Cn1c(C(=O)O)cc(CN)c1Br. The maximum atomic E-state index is 10.6. The lowest BCUT2D eigenvalue weighted by atomic mass is 10.3. The Morgan fingerprint density at radius 1 is 1.83 bits per heavy atom. The summed E-state index contributed by atoms with van der Waals surface area (Å²) in [6.07, 6.45) is 0. The van der Waals surface area contributed by atoms with Gasteiger partial charge in [-0.2, -0.15) is 0 Å². The van der Waals surface area contributed by atoms with E-state index in [1.165, 1.54) is 0 Å². The van der Waals surface area contributed by atoms with Gasteiger partial charge in [0.05, 0.1) is 4.60 Å². The van der Waals surface area contributed by atoms with E-state index in [9.17, 15) is 4.79 Å². The lowest BCUT2D eigenvalue weighted by molar-refractivity contribution is 0.0686. The van der Waals surface area contributed by atoms with E-state index in [0.29, 0.717) is 6.54 Å². The zero-order valence-corrected chi connectivity index (χ0v) is 8.13. The van der Waals surface area contributed by atoms with Crippen LogP contribution in [0, 0.1) is 0 Å². The summed E-state index contributed by atoms with van der Waals surface area (Å²) in [6.45, 7) is 0.335. The second-order valence-corrected chi connectivity index (χ2v) is 3.17. The highest BCUT2D eigenvalue weighted by atomic mass is 79.9. The van der Waals surface area contributed by atoms with Gasteiger partial charge in [0.15, 0.2) is 0 Å². The molecule has 0 aliphatic heterocycles. The zero-order valence-electron chi connectivity index (χ0n) is 6.54. The van der Waals surface area contributed by atoms with Crippen LogP contribution in [0.15, 0.2) is 10.7 Å². The number of rotatable bonds is 2. The maximum Gasteiger partial charge on any atom is 0.352 e. The molecule has 0 saturated heterocycles. The summed E-state index contributed by atoms with van der Waals surface area (Å²) in [6, 6.07) is 1.56. The van der Waals surface area contributed by atoms with Gasteiger partial charge in [-0.3, -0.25) is 0 Å². The number of hydrogen-bond acceptors (Lipinski definition) is 2. The highest BCUT2D eigenvalue weighted by molar-refractivity contribution is 9.10. The van der Waals surface area contributed by atoms with Crippen molar-refractivity contribution < 1.29 is 9.90 Å². The van der Waals surface area contributed by atoms with Gasteiger partial charge in [-0.05, 0) is 27.6 Å². The van der Waals surface area contributed by atoms with Crippen LogP contribution in [0.4, 0.5) is 0 Å². The van der Waals surface area contributed by atoms with Crippen molar-refractivity contribution in [2.75, 3.05) is 0 Å². The van der Waals surface area contributed by atoms with Crippen molar-refractivity contribution in [1.29, 1.82) is 0 Å². The van der Waals surface area contributed by atoms with E-state index >= 15 is 0 Å². The van der Waals surface area contributed by atoms with Gasteiger partial charge < -0.3 is 15.4 Å². The van der Waals surface area contributed by atoms with E-state index in [1.807, 2.05) is 0 Å². The first kappa shape index (κ1) is 9.28. The number of nitrogens with two attached hydrogens (primary N) is 1. The van der Waals surface area contributed by atoms with Gasteiger partial charge in [0.1, 0.15) is 5.69 Å². The molecule has 4 nitrogen and oxygen atoms in total. The van der Waals surface area contributed by atoms with E-state index < -0.39 is 5.97 Å². The second-order valence-electron chi connectivity index (χ2n) is 2.41. The molecule has 1 heterocycles. The summed E-state index contributed by atoms with van der Waals surface area (Å²) >= 11 is 3.25. The molecule has 0 saturated carbocycles. The lowest BCUT2D eigenvalue weighted by Crippen LogP contribution is -2.03. The molecule has 0 radical (unpaired) electrons. The Labute approximate surface area is 78.1 Å². The van der Waals surface area contributed by atoms with Crippen molar-refractivity contribution in [3.63, 3.8) is 0 Å². The molecule has 3 N–H and O–H groups in total. The predicted octanol–water partition coefficient (Wildman–Crippen LogP) is 0.944. The molecular formula is C7H9BrN2O2. The van der Waals surface area contributed by atoms with Gasteiger partial charge in [-0.25, -0.2) is 4.79 Å². The number of nitrogens with zero attached hydrogens (tertiary/aromatic N) is 1. The fourth-order valence-electron chi connectivity index (χ4n) is 0.991. The third kappa shape index (κ3) is 1.37. The molecule has 0 aromatic carbocycles. The molecule has 1 rings (SSSR count). The summed E-state index contributed by atoms with van der Waals surface area (Å²) in [5.41, 5.74) is 6.44. The van der Waals surface area contributed by atoms with Crippen LogP contribution in [-0.2, 0) is 13.6 Å². The highest BCUT2D eigenvalue weighted by Crippen LogP contribution is 2.20. The predicted molar refractivity (Wildman–Crippen MR) is 48.0 cm³/mol.